The Hall–Kier alpha value is -0.640. The summed E-state index contributed by atoms with van der Waals surface area (Å²) in [7, 11) is 0. The maximum atomic E-state index is 10.5. The van der Waals surface area contributed by atoms with Gasteiger partial charge in [0.15, 0.2) is 0 Å². The van der Waals surface area contributed by atoms with Gasteiger partial charge in [-0.1, -0.05) is 6.92 Å². The number of nitrogens with one attached hydrogen (secondary N) is 1. The summed E-state index contributed by atoms with van der Waals surface area (Å²) >= 11 is 1.72. The lowest BCUT2D eigenvalue weighted by molar-refractivity contribution is 0.390. The molecule has 0 aliphatic rings. The lowest BCUT2D eigenvalue weighted by Crippen LogP contribution is -1.92. The number of hydrogen-bond acceptors (Lipinski definition) is 3. The molecule has 4 heteroatoms. The lowest BCUT2D eigenvalue weighted by atomic mass is 10.5. The smallest absolute Gasteiger partial charge is 0.280 e. The van der Waals surface area contributed by atoms with E-state index in [4.69, 9.17) is 4.52 Å². The zero-order valence-electron chi connectivity index (χ0n) is 5.72. The molecule has 1 rings (SSSR count). The molecule has 1 aromatic rings. The van der Waals surface area contributed by atoms with Gasteiger partial charge in [-0.25, -0.2) is 0 Å². The van der Waals surface area contributed by atoms with Crippen LogP contribution in [0, 0.1) is 0 Å². The molecule has 1 aromatic heterocycles. The van der Waals surface area contributed by atoms with Crippen molar-refractivity contribution in [1.82, 2.24) is 5.16 Å². The van der Waals surface area contributed by atoms with Gasteiger partial charge in [0.05, 0.1) is 5.75 Å². The second kappa shape index (κ2) is 3.51. The van der Waals surface area contributed by atoms with Crippen molar-refractivity contribution in [3.8, 4) is 0 Å². The van der Waals surface area contributed by atoms with Crippen molar-refractivity contribution < 1.29 is 4.52 Å². The molecule has 0 fully saturated rings. The van der Waals surface area contributed by atoms with Gasteiger partial charge >= 0.3 is 0 Å². The summed E-state index contributed by atoms with van der Waals surface area (Å²) in [5.41, 5.74) is -0.160. The number of thioether (sulfide) groups is 1. The molecule has 0 atom stereocenters. The minimum atomic E-state index is -0.160. The molecule has 0 saturated carbocycles. The maximum Gasteiger partial charge on any atom is 0.280 e. The molecule has 1 N–H and O–H groups in total. The van der Waals surface area contributed by atoms with E-state index in [-0.39, 0.29) is 5.56 Å². The molecule has 1 heterocycles. The number of hydrogen-bond donors (Lipinski definition) is 1. The van der Waals surface area contributed by atoms with Crippen molar-refractivity contribution in [2.75, 3.05) is 5.75 Å². The highest BCUT2D eigenvalue weighted by Crippen LogP contribution is 2.07. The van der Waals surface area contributed by atoms with Crippen LogP contribution >= 0.6 is 11.8 Å². The topological polar surface area (TPSA) is 46.0 Å². The van der Waals surface area contributed by atoms with Crippen LogP contribution < -0.4 is 5.56 Å². The summed E-state index contributed by atoms with van der Waals surface area (Å²) in [6.07, 6.45) is 0. The Labute approximate surface area is 62.8 Å². The zero-order chi connectivity index (χ0) is 7.40. The fourth-order valence-electron chi connectivity index (χ4n) is 0.595. The monoisotopic (exact) mass is 159 g/mol. The third-order valence-electron chi connectivity index (χ3n) is 1.02. The van der Waals surface area contributed by atoms with E-state index in [2.05, 4.69) is 12.1 Å². The van der Waals surface area contributed by atoms with E-state index >= 15 is 0 Å². The Morgan fingerprint density at radius 1 is 1.80 bits per heavy atom. The van der Waals surface area contributed by atoms with Crippen LogP contribution in [0.1, 0.15) is 12.7 Å². The van der Waals surface area contributed by atoms with Crippen LogP contribution in [0.4, 0.5) is 0 Å². The fraction of sp³-hybridized carbons (Fsp3) is 0.500. The molecule has 0 aliphatic carbocycles. The first kappa shape index (κ1) is 7.47. The zero-order valence-corrected chi connectivity index (χ0v) is 6.53. The van der Waals surface area contributed by atoms with Crippen LogP contribution in [0.5, 0.6) is 0 Å². The molecule has 0 spiro atoms. The van der Waals surface area contributed by atoms with Gasteiger partial charge in [0, 0.05) is 6.07 Å². The van der Waals surface area contributed by atoms with Crippen LogP contribution in [-0.4, -0.2) is 10.9 Å². The molecular weight excluding hydrogens is 150 g/mol. The van der Waals surface area contributed by atoms with Crippen molar-refractivity contribution in [2.24, 2.45) is 0 Å². The molecule has 0 bridgehead atoms. The van der Waals surface area contributed by atoms with E-state index in [1.165, 1.54) is 6.07 Å². The molecule has 0 radical (unpaired) electrons. The number of H-pyrrole nitrogens is 1. The Kier molecular flexibility index (Phi) is 2.62. The number of rotatable bonds is 3. The highest BCUT2D eigenvalue weighted by molar-refractivity contribution is 7.98. The first-order valence-corrected chi connectivity index (χ1v) is 4.23. The van der Waals surface area contributed by atoms with Crippen LogP contribution in [0.2, 0.25) is 0 Å². The number of aromatic nitrogens is 1. The first-order valence-electron chi connectivity index (χ1n) is 3.08. The predicted octanol–water partition coefficient (Wildman–Crippen LogP) is 1.22. The summed E-state index contributed by atoms with van der Waals surface area (Å²) in [5, 5.41) is 2.23. The second-order valence-electron chi connectivity index (χ2n) is 1.82. The molecule has 10 heavy (non-hydrogen) atoms. The Morgan fingerprint density at radius 2 is 2.60 bits per heavy atom. The highest BCUT2D eigenvalue weighted by Gasteiger charge is 1.96. The summed E-state index contributed by atoms with van der Waals surface area (Å²) < 4.78 is 4.81. The van der Waals surface area contributed by atoms with Crippen molar-refractivity contribution in [1.29, 1.82) is 0 Å². The average Bonchev–Trinajstić information content (AvgIpc) is 2.31. The van der Waals surface area contributed by atoms with Crippen molar-refractivity contribution >= 4 is 11.8 Å². The van der Waals surface area contributed by atoms with Crippen LogP contribution in [0.3, 0.4) is 0 Å². The van der Waals surface area contributed by atoms with Gasteiger partial charge in [-0.15, -0.1) is 0 Å². The average molecular weight is 159 g/mol. The predicted molar refractivity (Wildman–Crippen MR) is 41.2 cm³/mol. The minimum Gasteiger partial charge on any atom is -0.383 e. The van der Waals surface area contributed by atoms with Gasteiger partial charge in [0.1, 0.15) is 5.76 Å². The summed E-state index contributed by atoms with van der Waals surface area (Å²) in [5.74, 6) is 2.53. The third kappa shape index (κ3) is 1.95. The number of aromatic amines is 1. The van der Waals surface area contributed by atoms with E-state index < -0.39 is 0 Å². The summed E-state index contributed by atoms with van der Waals surface area (Å²) in [6.45, 7) is 2.06. The highest BCUT2D eigenvalue weighted by atomic mass is 32.2. The molecule has 0 aliphatic heterocycles. The van der Waals surface area contributed by atoms with Gasteiger partial charge < -0.3 is 4.52 Å². The van der Waals surface area contributed by atoms with Crippen LogP contribution in [-0.2, 0) is 5.75 Å². The molecule has 3 nitrogen and oxygen atoms in total. The van der Waals surface area contributed by atoms with Gasteiger partial charge in [0.2, 0.25) is 0 Å². The maximum absolute atomic E-state index is 10.5. The van der Waals surface area contributed by atoms with E-state index in [0.717, 1.165) is 17.3 Å². The van der Waals surface area contributed by atoms with E-state index in [0.29, 0.717) is 0 Å². The minimum absolute atomic E-state index is 0.160. The molecule has 56 valence electrons. The van der Waals surface area contributed by atoms with E-state index in [1.807, 2.05) is 0 Å². The van der Waals surface area contributed by atoms with E-state index in [1.54, 1.807) is 11.8 Å². The largest absolute Gasteiger partial charge is 0.383 e. The lowest BCUT2D eigenvalue weighted by Gasteiger charge is -1.89. The molecular formula is C6H9NO2S. The Bertz CT molecular complexity index is 240. The fourth-order valence-corrected chi connectivity index (χ4v) is 1.14. The molecule has 0 aromatic carbocycles. The molecule has 0 amide bonds. The van der Waals surface area contributed by atoms with Crippen LogP contribution in [0.25, 0.3) is 0 Å². The first-order chi connectivity index (χ1) is 4.83. The summed E-state index contributed by atoms with van der Waals surface area (Å²) in [4.78, 5) is 10.5. The SMILES string of the molecule is CCSCc1cc(=O)[nH]o1. The van der Waals surface area contributed by atoms with Crippen molar-refractivity contribution in [3.63, 3.8) is 0 Å². The standard InChI is InChI=1S/C6H9NO2S/c1-2-10-4-5-3-6(8)7-9-5/h3H,2,4H2,1H3,(H,7,8). The normalized spacial score (nSPS) is 10.1. The van der Waals surface area contributed by atoms with Crippen LogP contribution in [0.15, 0.2) is 15.4 Å². The summed E-state index contributed by atoms with van der Waals surface area (Å²) in [6, 6.07) is 1.47. The third-order valence-corrected chi connectivity index (χ3v) is 1.92. The van der Waals surface area contributed by atoms with Gasteiger partial charge in [-0.05, 0) is 5.75 Å². The van der Waals surface area contributed by atoms with Gasteiger partial charge in [-0.2, -0.15) is 16.9 Å². The Balaban J connectivity index is 2.50. The quantitative estimate of drug-likeness (QED) is 0.721. The van der Waals surface area contributed by atoms with Gasteiger partial charge in [-0.3, -0.25) is 4.79 Å². The second-order valence-corrected chi connectivity index (χ2v) is 3.09. The van der Waals surface area contributed by atoms with Crippen molar-refractivity contribution in [2.45, 2.75) is 12.7 Å². The molecule has 0 unspecified atom stereocenters. The van der Waals surface area contributed by atoms with Gasteiger partial charge in [0.25, 0.3) is 5.56 Å². The van der Waals surface area contributed by atoms with E-state index in [9.17, 15) is 4.79 Å². The molecule has 0 saturated heterocycles. The Morgan fingerprint density at radius 3 is 3.10 bits per heavy atom. The van der Waals surface area contributed by atoms with Crippen molar-refractivity contribution in [3.05, 3.63) is 22.2 Å².